The number of rotatable bonds is 6. The van der Waals surface area contributed by atoms with Crippen LogP contribution in [0.3, 0.4) is 0 Å². The Labute approximate surface area is 123 Å². The van der Waals surface area contributed by atoms with Crippen molar-refractivity contribution in [1.29, 1.82) is 0 Å². The summed E-state index contributed by atoms with van der Waals surface area (Å²) in [5.74, 6) is -0.429. The lowest BCUT2D eigenvalue weighted by Gasteiger charge is -2.16. The van der Waals surface area contributed by atoms with Gasteiger partial charge in [0, 0.05) is 25.4 Å². The molecule has 0 bridgehead atoms. The predicted molar refractivity (Wildman–Crippen MR) is 76.0 cm³/mol. The average Bonchev–Trinajstić information content (AvgIpc) is 2.70. The first-order valence-corrected chi connectivity index (χ1v) is 8.34. The van der Waals surface area contributed by atoms with Crippen LogP contribution in [0.5, 0.6) is 5.75 Å². The van der Waals surface area contributed by atoms with E-state index in [0.29, 0.717) is 13.2 Å². The van der Waals surface area contributed by atoms with Gasteiger partial charge in [0.25, 0.3) is 0 Å². The smallest absolute Gasteiger partial charge is 0.302 e. The highest BCUT2D eigenvalue weighted by molar-refractivity contribution is 7.86. The molecule has 1 amide bonds. The molecule has 0 spiro atoms. The molecule has 1 atom stereocenters. The van der Waals surface area contributed by atoms with Crippen molar-refractivity contribution in [2.24, 2.45) is 5.92 Å². The van der Waals surface area contributed by atoms with Crippen molar-refractivity contribution in [3.63, 3.8) is 0 Å². The van der Waals surface area contributed by atoms with Gasteiger partial charge in [0.05, 0.1) is 12.4 Å². The van der Waals surface area contributed by atoms with E-state index in [4.69, 9.17) is 4.74 Å². The molecule has 0 aromatic heterocycles. The molecule has 1 fully saturated rings. The normalized spacial score (nSPS) is 19.0. The van der Waals surface area contributed by atoms with E-state index in [-0.39, 0.29) is 18.9 Å². The number of carbonyl (C=O) groups is 1. The van der Waals surface area contributed by atoms with E-state index in [9.17, 15) is 17.1 Å². The average molecular weight is 315 g/mol. The third-order valence-electron chi connectivity index (χ3n) is 3.34. The number of halogens is 1. The van der Waals surface area contributed by atoms with Crippen LogP contribution in [0.2, 0.25) is 0 Å². The first-order valence-electron chi connectivity index (χ1n) is 6.79. The molecule has 1 saturated heterocycles. The molecule has 0 radical (unpaired) electrons. The van der Waals surface area contributed by atoms with Crippen LogP contribution in [0.25, 0.3) is 0 Å². The van der Waals surface area contributed by atoms with Gasteiger partial charge in [-0.25, -0.2) is 0 Å². The Kier molecular flexibility index (Phi) is 4.82. The minimum absolute atomic E-state index is 0.0835. The van der Waals surface area contributed by atoms with Gasteiger partial charge in [0.1, 0.15) is 5.75 Å². The summed E-state index contributed by atoms with van der Waals surface area (Å²) < 4.78 is 39.3. The number of carbonyl (C=O) groups excluding carboxylic acids is 1. The SMILES string of the molecule is CCOc1ccc(CN2CC(CS(=O)(=O)F)CC2=O)cc1. The van der Waals surface area contributed by atoms with E-state index in [2.05, 4.69) is 0 Å². The largest absolute Gasteiger partial charge is 0.494 e. The highest BCUT2D eigenvalue weighted by atomic mass is 32.3. The highest BCUT2D eigenvalue weighted by Gasteiger charge is 2.32. The Bertz CT molecular complexity index is 600. The van der Waals surface area contributed by atoms with Gasteiger partial charge in [-0.15, -0.1) is 3.89 Å². The number of ether oxygens (including phenoxy) is 1. The van der Waals surface area contributed by atoms with E-state index in [0.717, 1.165) is 11.3 Å². The number of benzene rings is 1. The molecule has 5 nitrogen and oxygen atoms in total. The molecule has 1 heterocycles. The summed E-state index contributed by atoms with van der Waals surface area (Å²) >= 11 is 0. The minimum Gasteiger partial charge on any atom is -0.494 e. The fourth-order valence-corrected chi connectivity index (χ4v) is 3.26. The van der Waals surface area contributed by atoms with Gasteiger partial charge < -0.3 is 9.64 Å². The van der Waals surface area contributed by atoms with Crippen molar-refractivity contribution < 1.29 is 21.8 Å². The second-order valence-corrected chi connectivity index (χ2v) is 6.54. The zero-order chi connectivity index (χ0) is 15.5. The van der Waals surface area contributed by atoms with Crippen LogP contribution >= 0.6 is 0 Å². The molecular weight excluding hydrogens is 297 g/mol. The fraction of sp³-hybridized carbons (Fsp3) is 0.500. The van der Waals surface area contributed by atoms with Gasteiger partial charge in [0.2, 0.25) is 5.91 Å². The van der Waals surface area contributed by atoms with Gasteiger partial charge in [-0.3, -0.25) is 4.79 Å². The van der Waals surface area contributed by atoms with Crippen molar-refractivity contribution in [1.82, 2.24) is 4.90 Å². The van der Waals surface area contributed by atoms with Gasteiger partial charge in [-0.1, -0.05) is 12.1 Å². The summed E-state index contributed by atoms with van der Waals surface area (Å²) in [6.07, 6.45) is 0.0835. The summed E-state index contributed by atoms with van der Waals surface area (Å²) in [5, 5.41) is 0. The lowest BCUT2D eigenvalue weighted by atomic mass is 10.1. The maximum Gasteiger partial charge on any atom is 0.302 e. The number of likely N-dealkylation sites (tertiary alicyclic amines) is 1. The molecule has 2 rings (SSSR count). The summed E-state index contributed by atoms with van der Waals surface area (Å²) in [4.78, 5) is 13.4. The second-order valence-electron chi connectivity index (χ2n) is 5.13. The second kappa shape index (κ2) is 6.43. The van der Waals surface area contributed by atoms with Gasteiger partial charge in [-0.2, -0.15) is 8.42 Å². The van der Waals surface area contributed by atoms with Gasteiger partial charge in [0.15, 0.2) is 0 Å². The summed E-state index contributed by atoms with van der Waals surface area (Å²) in [6, 6.07) is 7.36. The number of hydrogen-bond donors (Lipinski definition) is 0. The molecule has 1 aromatic carbocycles. The highest BCUT2D eigenvalue weighted by Crippen LogP contribution is 2.23. The molecule has 1 aliphatic rings. The fourth-order valence-electron chi connectivity index (χ4n) is 2.48. The third kappa shape index (κ3) is 4.70. The molecular formula is C14H18FNO4S. The predicted octanol–water partition coefficient (Wildman–Crippen LogP) is 1.73. The molecule has 21 heavy (non-hydrogen) atoms. The van der Waals surface area contributed by atoms with E-state index >= 15 is 0 Å². The lowest BCUT2D eigenvalue weighted by Crippen LogP contribution is -2.25. The van der Waals surface area contributed by atoms with Crippen LogP contribution in [0.4, 0.5) is 3.89 Å². The topological polar surface area (TPSA) is 63.7 Å². The summed E-state index contributed by atoms with van der Waals surface area (Å²) in [6.45, 7) is 3.16. The Balaban J connectivity index is 1.95. The Morgan fingerprint density at radius 2 is 2.00 bits per heavy atom. The zero-order valence-corrected chi connectivity index (χ0v) is 12.6. The summed E-state index contributed by atoms with van der Waals surface area (Å²) in [7, 11) is -4.53. The number of amides is 1. The van der Waals surface area contributed by atoms with Crippen molar-refractivity contribution in [3.05, 3.63) is 29.8 Å². The molecule has 7 heteroatoms. The van der Waals surface area contributed by atoms with Crippen LogP contribution in [0.15, 0.2) is 24.3 Å². The zero-order valence-electron chi connectivity index (χ0n) is 11.8. The number of nitrogens with zero attached hydrogens (tertiary/aromatic N) is 1. The molecule has 0 N–H and O–H groups in total. The Morgan fingerprint density at radius 3 is 2.57 bits per heavy atom. The maximum absolute atomic E-state index is 12.7. The minimum atomic E-state index is -4.53. The van der Waals surface area contributed by atoms with Crippen LogP contribution in [0, 0.1) is 5.92 Å². The first-order chi connectivity index (χ1) is 9.87. The molecule has 1 unspecified atom stereocenters. The molecule has 0 saturated carbocycles. The first kappa shape index (κ1) is 15.8. The van der Waals surface area contributed by atoms with Crippen molar-refractivity contribution in [2.75, 3.05) is 18.9 Å². The molecule has 116 valence electrons. The van der Waals surface area contributed by atoms with Crippen LogP contribution in [0.1, 0.15) is 18.9 Å². The van der Waals surface area contributed by atoms with Gasteiger partial charge in [-0.05, 0) is 24.6 Å². The quantitative estimate of drug-likeness (QED) is 0.750. The Hall–Kier alpha value is -1.63. The Morgan fingerprint density at radius 1 is 1.33 bits per heavy atom. The molecule has 1 aliphatic heterocycles. The van der Waals surface area contributed by atoms with Crippen molar-refractivity contribution >= 4 is 16.1 Å². The lowest BCUT2D eigenvalue weighted by molar-refractivity contribution is -0.128. The standard InChI is InChI=1S/C14H18FNO4S/c1-2-20-13-5-3-11(4-6-13)8-16-9-12(7-14(16)17)10-21(15,18)19/h3-6,12H,2,7-10H2,1H3. The van der Waals surface area contributed by atoms with Crippen LogP contribution < -0.4 is 4.74 Å². The summed E-state index contributed by atoms with van der Waals surface area (Å²) in [5.41, 5.74) is 0.926. The van der Waals surface area contributed by atoms with Crippen LogP contribution in [-0.4, -0.2) is 38.1 Å². The monoisotopic (exact) mass is 315 g/mol. The number of hydrogen-bond acceptors (Lipinski definition) is 4. The van der Waals surface area contributed by atoms with E-state index in [1.165, 1.54) is 0 Å². The van der Waals surface area contributed by atoms with Crippen molar-refractivity contribution in [2.45, 2.75) is 19.9 Å². The molecule has 1 aromatic rings. The van der Waals surface area contributed by atoms with Crippen LogP contribution in [-0.2, 0) is 21.6 Å². The van der Waals surface area contributed by atoms with Crippen molar-refractivity contribution in [3.8, 4) is 5.75 Å². The maximum atomic E-state index is 12.7. The van der Waals surface area contributed by atoms with Gasteiger partial charge >= 0.3 is 10.2 Å². The molecule has 0 aliphatic carbocycles. The van der Waals surface area contributed by atoms with E-state index in [1.807, 2.05) is 31.2 Å². The third-order valence-corrected chi connectivity index (χ3v) is 4.21. The van der Waals surface area contributed by atoms with E-state index < -0.39 is 21.9 Å². The van der Waals surface area contributed by atoms with E-state index in [1.54, 1.807) is 4.90 Å².